The zero-order valence-electron chi connectivity index (χ0n) is 14.8. The second-order valence-corrected chi connectivity index (χ2v) is 7.71. The molecule has 0 radical (unpaired) electrons. The van der Waals surface area contributed by atoms with Crippen LogP contribution in [-0.2, 0) is 11.3 Å². The molecule has 0 saturated heterocycles. The van der Waals surface area contributed by atoms with Crippen molar-refractivity contribution in [3.8, 4) is 11.5 Å². The second-order valence-electron chi connectivity index (χ2n) is 7.71. The Hall–Kier alpha value is -2.86. The Kier molecular flexibility index (Phi) is 3.56. The highest BCUT2D eigenvalue weighted by Gasteiger charge is 2.36. The highest BCUT2D eigenvalue weighted by atomic mass is 17.1. The van der Waals surface area contributed by atoms with Crippen molar-refractivity contribution >= 4 is 16.9 Å². The third kappa shape index (κ3) is 2.37. The van der Waals surface area contributed by atoms with Gasteiger partial charge in [-0.1, -0.05) is 39.0 Å². The van der Waals surface area contributed by atoms with E-state index in [9.17, 15) is 9.59 Å². The number of fused-ring (bicyclic) bond motifs is 5. The van der Waals surface area contributed by atoms with Crippen molar-refractivity contribution < 1.29 is 19.4 Å². The third-order valence-corrected chi connectivity index (χ3v) is 5.05. The van der Waals surface area contributed by atoms with Gasteiger partial charge in [-0.2, -0.15) is 5.26 Å². The van der Waals surface area contributed by atoms with Crippen LogP contribution >= 0.6 is 0 Å². The maximum absolute atomic E-state index is 12.4. The van der Waals surface area contributed by atoms with Crippen LogP contribution in [0, 0.1) is 5.41 Å². The Balaban J connectivity index is 2.05. The van der Waals surface area contributed by atoms with Crippen molar-refractivity contribution in [3.63, 3.8) is 0 Å². The number of para-hydroxylation sites is 1. The number of aromatic nitrogens is 1. The van der Waals surface area contributed by atoms with E-state index in [1.807, 2.05) is 28.8 Å². The minimum atomic E-state index is -1.06. The first kappa shape index (κ1) is 16.6. The molecule has 2 aromatic heterocycles. The molecular weight excluding hydrogens is 334 g/mol. The number of nitrogens with zero attached hydrogens (tertiary/aromatic N) is 1. The van der Waals surface area contributed by atoms with Gasteiger partial charge in [-0.15, -0.1) is 0 Å². The molecule has 1 aliphatic heterocycles. The zero-order chi connectivity index (χ0) is 18.6. The molecule has 1 aliphatic rings. The first-order valence-corrected chi connectivity index (χ1v) is 8.44. The summed E-state index contributed by atoms with van der Waals surface area (Å²) in [4.78, 5) is 27.9. The highest BCUT2D eigenvalue weighted by molar-refractivity contribution is 5.90. The maximum atomic E-state index is 12.4. The van der Waals surface area contributed by atoms with Crippen molar-refractivity contribution in [1.29, 1.82) is 0 Å². The summed E-state index contributed by atoms with van der Waals surface area (Å²) < 4.78 is 7.92. The van der Waals surface area contributed by atoms with E-state index in [1.165, 1.54) is 12.3 Å². The summed E-state index contributed by atoms with van der Waals surface area (Å²) in [5.41, 5.74) is 1.60. The van der Waals surface area contributed by atoms with Crippen molar-refractivity contribution in [2.75, 3.05) is 0 Å². The third-order valence-electron chi connectivity index (χ3n) is 5.05. The standard InChI is InChI=1S/C20H19NO5/c1-20(2,3)17-8-12-11-6-4-5-7-16(11)25-18(12)14-9-15(22)13(10-21(14)17)19(23)26-24/h4-7,9-10,17,24H,8H2,1-3H3. The number of pyridine rings is 1. The molecule has 1 unspecified atom stereocenters. The van der Waals surface area contributed by atoms with E-state index in [0.717, 1.165) is 16.5 Å². The number of carbonyl (C=O) groups is 1. The number of hydrogen-bond donors (Lipinski definition) is 1. The molecule has 6 heteroatoms. The van der Waals surface area contributed by atoms with Crippen LogP contribution < -0.4 is 5.43 Å². The average molecular weight is 353 g/mol. The van der Waals surface area contributed by atoms with E-state index in [2.05, 4.69) is 25.7 Å². The normalized spacial score (nSPS) is 16.2. The van der Waals surface area contributed by atoms with Crippen LogP contribution in [0.5, 0.6) is 0 Å². The first-order valence-electron chi connectivity index (χ1n) is 8.44. The molecule has 0 saturated carbocycles. The van der Waals surface area contributed by atoms with Gasteiger partial charge in [0.2, 0.25) is 0 Å². The molecule has 134 valence electrons. The summed E-state index contributed by atoms with van der Waals surface area (Å²) >= 11 is 0. The lowest BCUT2D eigenvalue weighted by Gasteiger charge is -2.37. The van der Waals surface area contributed by atoms with E-state index in [0.29, 0.717) is 17.9 Å². The van der Waals surface area contributed by atoms with Crippen LogP contribution in [0.15, 0.2) is 45.7 Å². The summed E-state index contributed by atoms with van der Waals surface area (Å²) in [7, 11) is 0. The highest BCUT2D eigenvalue weighted by Crippen LogP contribution is 2.45. The molecule has 0 spiro atoms. The predicted octanol–water partition coefficient (Wildman–Crippen LogP) is 4.03. The van der Waals surface area contributed by atoms with E-state index < -0.39 is 11.4 Å². The number of furan rings is 1. The van der Waals surface area contributed by atoms with Crippen LogP contribution in [0.2, 0.25) is 0 Å². The van der Waals surface area contributed by atoms with E-state index >= 15 is 0 Å². The van der Waals surface area contributed by atoms with Crippen molar-refractivity contribution in [3.05, 3.63) is 57.9 Å². The summed E-state index contributed by atoms with van der Waals surface area (Å²) in [6.45, 7) is 6.32. The second kappa shape index (κ2) is 5.57. The summed E-state index contributed by atoms with van der Waals surface area (Å²) in [5.74, 6) is -0.416. The molecule has 1 N–H and O–H groups in total. The first-order chi connectivity index (χ1) is 12.3. The van der Waals surface area contributed by atoms with Gasteiger partial charge >= 0.3 is 5.97 Å². The molecule has 0 aliphatic carbocycles. The summed E-state index contributed by atoms with van der Waals surface area (Å²) in [6, 6.07) is 9.17. The lowest BCUT2D eigenvalue weighted by atomic mass is 9.80. The molecule has 3 heterocycles. The fourth-order valence-electron chi connectivity index (χ4n) is 3.72. The Morgan fingerprint density at radius 1 is 1.31 bits per heavy atom. The summed E-state index contributed by atoms with van der Waals surface area (Å²) in [6.07, 6.45) is 2.17. The number of rotatable bonds is 1. The topological polar surface area (TPSA) is 81.7 Å². The lowest BCUT2D eigenvalue weighted by Crippen LogP contribution is -2.32. The monoisotopic (exact) mass is 353 g/mol. The van der Waals surface area contributed by atoms with Crippen molar-refractivity contribution in [2.45, 2.75) is 33.2 Å². The molecule has 0 bridgehead atoms. The maximum Gasteiger partial charge on any atom is 0.378 e. The van der Waals surface area contributed by atoms with Crippen molar-refractivity contribution in [1.82, 2.24) is 4.57 Å². The number of benzene rings is 1. The minimum absolute atomic E-state index is 0.00292. The molecule has 6 nitrogen and oxygen atoms in total. The van der Waals surface area contributed by atoms with Gasteiger partial charge in [0.15, 0.2) is 11.2 Å². The Labute approximate surface area is 149 Å². The van der Waals surface area contributed by atoms with Gasteiger partial charge < -0.3 is 8.98 Å². The number of carbonyl (C=O) groups excluding carboxylic acids is 1. The van der Waals surface area contributed by atoms with Gasteiger partial charge in [0, 0.05) is 29.3 Å². The van der Waals surface area contributed by atoms with Crippen LogP contribution in [0.25, 0.3) is 22.4 Å². The lowest BCUT2D eigenvalue weighted by molar-refractivity contribution is -0.183. The van der Waals surface area contributed by atoms with Gasteiger partial charge in [0.1, 0.15) is 11.1 Å². The van der Waals surface area contributed by atoms with E-state index in [1.54, 1.807) is 0 Å². The molecule has 0 amide bonds. The molecule has 3 aromatic rings. The summed E-state index contributed by atoms with van der Waals surface area (Å²) in [5, 5.41) is 9.72. The van der Waals surface area contributed by atoms with Crippen LogP contribution in [0.4, 0.5) is 0 Å². The van der Waals surface area contributed by atoms with Gasteiger partial charge in [-0.3, -0.25) is 9.68 Å². The fraction of sp³-hybridized carbons (Fsp3) is 0.300. The van der Waals surface area contributed by atoms with Gasteiger partial charge in [-0.25, -0.2) is 4.79 Å². The minimum Gasteiger partial charge on any atom is -0.454 e. The predicted molar refractivity (Wildman–Crippen MR) is 96.2 cm³/mol. The average Bonchev–Trinajstić information content (AvgIpc) is 2.98. The van der Waals surface area contributed by atoms with Crippen LogP contribution in [0.1, 0.15) is 42.7 Å². The van der Waals surface area contributed by atoms with Gasteiger partial charge in [0.05, 0.1) is 5.69 Å². The molecule has 26 heavy (non-hydrogen) atoms. The molecule has 4 rings (SSSR count). The molecular formula is C20H19NO5. The molecule has 0 fully saturated rings. The smallest absolute Gasteiger partial charge is 0.378 e. The Morgan fingerprint density at radius 3 is 2.73 bits per heavy atom. The molecule has 1 atom stereocenters. The zero-order valence-corrected chi connectivity index (χ0v) is 14.8. The van der Waals surface area contributed by atoms with Gasteiger partial charge in [-0.05, 0) is 17.9 Å². The van der Waals surface area contributed by atoms with Gasteiger partial charge in [0.25, 0.3) is 0 Å². The fourth-order valence-corrected chi connectivity index (χ4v) is 3.72. The largest absolute Gasteiger partial charge is 0.454 e. The van der Waals surface area contributed by atoms with E-state index in [4.69, 9.17) is 9.67 Å². The Morgan fingerprint density at radius 2 is 2.04 bits per heavy atom. The number of hydrogen-bond acceptors (Lipinski definition) is 5. The molecule has 1 aromatic carbocycles. The SMILES string of the molecule is CC(C)(C)C1Cc2c(oc3ccccc23)-c2cc(=O)c(C(=O)OO)cn21. The van der Waals surface area contributed by atoms with Crippen LogP contribution in [0.3, 0.4) is 0 Å². The van der Waals surface area contributed by atoms with E-state index in [-0.39, 0.29) is 17.0 Å². The van der Waals surface area contributed by atoms with Crippen molar-refractivity contribution in [2.24, 2.45) is 5.41 Å². The Bertz CT molecular complexity index is 1080. The quantitative estimate of drug-likeness (QED) is 0.527. The van der Waals surface area contributed by atoms with Crippen LogP contribution in [-0.4, -0.2) is 15.8 Å².